The van der Waals surface area contributed by atoms with Crippen molar-refractivity contribution in [3.8, 4) is 0 Å². The van der Waals surface area contributed by atoms with Gasteiger partial charge in [-0.25, -0.2) is 4.98 Å². The molecule has 0 N–H and O–H groups in total. The van der Waals surface area contributed by atoms with Gasteiger partial charge < -0.3 is 4.57 Å². The number of aromatic nitrogens is 3. The number of carbonyl (C=O) groups is 1. The van der Waals surface area contributed by atoms with Crippen LogP contribution >= 0.6 is 23.1 Å². The summed E-state index contributed by atoms with van der Waals surface area (Å²) in [5, 5.41) is 2.16. The minimum Gasteiger partial charge on any atom is -0.339 e. The van der Waals surface area contributed by atoms with Gasteiger partial charge >= 0.3 is 6.18 Å². The van der Waals surface area contributed by atoms with Crippen LogP contribution in [0.15, 0.2) is 27.5 Å². The van der Waals surface area contributed by atoms with Crippen LogP contribution in [0.4, 0.5) is 13.2 Å². The molecule has 3 rings (SSSR count). The summed E-state index contributed by atoms with van der Waals surface area (Å²) in [6, 6.07) is 3.20. The van der Waals surface area contributed by atoms with E-state index in [2.05, 4.69) is 4.98 Å². The summed E-state index contributed by atoms with van der Waals surface area (Å²) < 4.78 is 41.2. The summed E-state index contributed by atoms with van der Waals surface area (Å²) in [6.45, 7) is 1.91. The van der Waals surface area contributed by atoms with Crippen LogP contribution in [-0.4, -0.2) is 31.8 Å². The number of hydrogen-bond acceptors (Lipinski definition) is 5. The number of Topliss-reactive ketones (excluding diaryl/α,β-unsaturated/α-hetero) is 1. The molecule has 0 aliphatic heterocycles. The van der Waals surface area contributed by atoms with Crippen LogP contribution < -0.4 is 5.56 Å². The lowest BCUT2D eigenvalue weighted by molar-refractivity contribution is -0.141. The van der Waals surface area contributed by atoms with E-state index in [1.54, 1.807) is 25.4 Å². The standard InChI is InChI=1S/C17H16F3N3O2S2/c1-9-6-11(10(2)23(9)8-17(18,19)20)13(24)7-27-16-21-12-4-5-26-14(12)15(25)22(16)3/h4-6H,7-8H2,1-3H3. The zero-order valence-corrected chi connectivity index (χ0v) is 16.4. The fraction of sp³-hybridized carbons (Fsp3) is 0.353. The van der Waals surface area contributed by atoms with E-state index < -0.39 is 12.7 Å². The third-order valence-corrected chi connectivity index (χ3v) is 6.11. The lowest BCUT2D eigenvalue weighted by Crippen LogP contribution is -2.20. The number of carbonyl (C=O) groups excluding carboxylic acids is 1. The number of rotatable bonds is 5. The molecule has 0 aliphatic carbocycles. The molecule has 5 nitrogen and oxygen atoms in total. The molecule has 0 fully saturated rings. The maximum Gasteiger partial charge on any atom is 0.406 e. The highest BCUT2D eigenvalue weighted by molar-refractivity contribution is 7.99. The monoisotopic (exact) mass is 415 g/mol. The van der Waals surface area contributed by atoms with E-state index in [4.69, 9.17) is 0 Å². The molecule has 0 spiro atoms. The Kier molecular flexibility index (Phi) is 5.22. The van der Waals surface area contributed by atoms with Gasteiger partial charge in [-0.1, -0.05) is 11.8 Å². The van der Waals surface area contributed by atoms with Crippen molar-refractivity contribution < 1.29 is 18.0 Å². The second-order valence-corrected chi connectivity index (χ2v) is 7.95. The van der Waals surface area contributed by atoms with Crippen molar-refractivity contribution in [3.63, 3.8) is 0 Å². The van der Waals surface area contributed by atoms with Gasteiger partial charge in [-0.2, -0.15) is 13.2 Å². The molecule has 0 amide bonds. The molecule has 0 saturated carbocycles. The number of aryl methyl sites for hydroxylation is 1. The zero-order valence-electron chi connectivity index (χ0n) is 14.8. The SMILES string of the molecule is Cc1cc(C(=O)CSc2nc3ccsc3c(=O)n2C)c(C)n1CC(F)(F)F. The largest absolute Gasteiger partial charge is 0.406 e. The van der Waals surface area contributed by atoms with Gasteiger partial charge in [0, 0.05) is 24.0 Å². The predicted octanol–water partition coefficient (Wildman–Crippen LogP) is 3.95. The van der Waals surface area contributed by atoms with Crippen LogP contribution in [0.1, 0.15) is 21.7 Å². The van der Waals surface area contributed by atoms with Gasteiger partial charge in [0.2, 0.25) is 0 Å². The lowest BCUT2D eigenvalue weighted by atomic mass is 10.2. The summed E-state index contributed by atoms with van der Waals surface area (Å²) in [5.74, 6) is -0.326. The fourth-order valence-corrected chi connectivity index (χ4v) is 4.47. The average Bonchev–Trinajstić information content (AvgIpc) is 3.15. The van der Waals surface area contributed by atoms with E-state index >= 15 is 0 Å². The molecule has 144 valence electrons. The summed E-state index contributed by atoms with van der Waals surface area (Å²) in [7, 11) is 1.58. The Hall–Kier alpha value is -2.07. The van der Waals surface area contributed by atoms with Crippen molar-refractivity contribution in [1.82, 2.24) is 14.1 Å². The number of hydrogen-bond donors (Lipinski definition) is 0. The van der Waals surface area contributed by atoms with Crippen LogP contribution in [0.5, 0.6) is 0 Å². The maximum absolute atomic E-state index is 12.7. The van der Waals surface area contributed by atoms with Crippen LogP contribution in [0.3, 0.4) is 0 Å². The molecular weight excluding hydrogens is 399 g/mol. The number of fused-ring (bicyclic) bond motifs is 1. The average molecular weight is 415 g/mol. The number of alkyl halides is 3. The van der Waals surface area contributed by atoms with E-state index in [1.807, 2.05) is 0 Å². The highest BCUT2D eigenvalue weighted by Gasteiger charge is 2.30. The molecule has 0 radical (unpaired) electrons. The molecule has 0 aromatic carbocycles. The van der Waals surface area contributed by atoms with Crippen molar-refractivity contribution in [1.29, 1.82) is 0 Å². The lowest BCUT2D eigenvalue weighted by Gasteiger charge is -2.12. The fourth-order valence-electron chi connectivity index (χ4n) is 2.81. The van der Waals surface area contributed by atoms with Crippen LogP contribution in [0.2, 0.25) is 0 Å². The third-order valence-electron chi connectivity index (χ3n) is 4.19. The minimum atomic E-state index is -4.36. The highest BCUT2D eigenvalue weighted by Crippen LogP contribution is 2.25. The summed E-state index contributed by atoms with van der Waals surface area (Å²) in [5.41, 5.74) is 1.30. The number of halogens is 3. The van der Waals surface area contributed by atoms with E-state index in [-0.39, 0.29) is 28.4 Å². The topological polar surface area (TPSA) is 56.9 Å². The molecule has 0 bridgehead atoms. The first-order valence-corrected chi connectivity index (χ1v) is 9.78. The molecule has 27 heavy (non-hydrogen) atoms. The van der Waals surface area contributed by atoms with Gasteiger partial charge in [0.15, 0.2) is 10.9 Å². The smallest absolute Gasteiger partial charge is 0.339 e. The summed E-state index contributed by atoms with van der Waals surface area (Å²) in [4.78, 5) is 29.2. The van der Waals surface area contributed by atoms with Crippen molar-refractivity contribution in [2.24, 2.45) is 7.05 Å². The normalized spacial score (nSPS) is 12.1. The molecule has 0 unspecified atom stereocenters. The number of thiophene rings is 1. The van der Waals surface area contributed by atoms with Crippen molar-refractivity contribution >= 4 is 39.1 Å². The minimum absolute atomic E-state index is 0.0216. The third kappa shape index (κ3) is 3.96. The Morgan fingerprint density at radius 2 is 2.04 bits per heavy atom. The molecule has 3 aromatic rings. The first-order valence-electron chi connectivity index (χ1n) is 7.92. The van der Waals surface area contributed by atoms with Crippen molar-refractivity contribution in [2.45, 2.75) is 31.7 Å². The van der Waals surface area contributed by atoms with E-state index in [0.29, 0.717) is 21.1 Å². The molecule has 10 heteroatoms. The first-order chi connectivity index (χ1) is 12.6. The van der Waals surface area contributed by atoms with Gasteiger partial charge in [-0.15, -0.1) is 11.3 Å². The molecule has 3 aromatic heterocycles. The summed E-state index contributed by atoms with van der Waals surface area (Å²) in [6.07, 6.45) is -4.36. The predicted molar refractivity (Wildman–Crippen MR) is 99.9 cm³/mol. The quantitative estimate of drug-likeness (QED) is 0.360. The Morgan fingerprint density at radius 1 is 1.33 bits per heavy atom. The second-order valence-electron chi connectivity index (χ2n) is 6.09. The number of nitrogens with zero attached hydrogens (tertiary/aromatic N) is 3. The van der Waals surface area contributed by atoms with E-state index in [0.717, 1.165) is 16.3 Å². The molecular formula is C17H16F3N3O2S2. The van der Waals surface area contributed by atoms with Crippen molar-refractivity contribution in [3.05, 3.63) is 44.8 Å². The zero-order chi connectivity index (χ0) is 19.9. The Labute approximate surface area is 160 Å². The van der Waals surface area contributed by atoms with Gasteiger partial charge in [0.25, 0.3) is 5.56 Å². The first kappa shape index (κ1) is 19.7. The molecule has 0 aliphatic rings. The van der Waals surface area contributed by atoms with Gasteiger partial charge in [0.05, 0.1) is 11.3 Å². The van der Waals surface area contributed by atoms with Crippen LogP contribution in [-0.2, 0) is 13.6 Å². The highest BCUT2D eigenvalue weighted by atomic mass is 32.2. The van der Waals surface area contributed by atoms with Crippen LogP contribution in [0.25, 0.3) is 10.2 Å². The molecule has 3 heterocycles. The Bertz CT molecular complexity index is 1080. The molecule has 0 atom stereocenters. The molecule has 0 saturated heterocycles. The van der Waals surface area contributed by atoms with Gasteiger partial charge in [-0.05, 0) is 31.4 Å². The number of thioether (sulfide) groups is 1. The van der Waals surface area contributed by atoms with Crippen LogP contribution in [0, 0.1) is 13.8 Å². The van der Waals surface area contributed by atoms with E-state index in [9.17, 15) is 22.8 Å². The second kappa shape index (κ2) is 7.16. The van der Waals surface area contributed by atoms with E-state index in [1.165, 1.54) is 28.9 Å². The van der Waals surface area contributed by atoms with Gasteiger partial charge in [-0.3, -0.25) is 14.2 Å². The Morgan fingerprint density at radius 3 is 2.70 bits per heavy atom. The maximum atomic E-state index is 12.7. The number of ketones is 1. The Balaban J connectivity index is 1.82. The summed E-state index contributed by atoms with van der Waals surface area (Å²) >= 11 is 2.40. The van der Waals surface area contributed by atoms with Crippen molar-refractivity contribution in [2.75, 3.05) is 5.75 Å². The van der Waals surface area contributed by atoms with Gasteiger partial charge in [0.1, 0.15) is 11.2 Å².